The summed E-state index contributed by atoms with van der Waals surface area (Å²) < 4.78 is 0. The topological polar surface area (TPSA) is 15.3 Å². The molecule has 1 aliphatic carbocycles. The van der Waals surface area contributed by atoms with Gasteiger partial charge in [0, 0.05) is 24.2 Å². The lowest BCUT2D eigenvalue weighted by atomic mass is 9.77. The Balaban J connectivity index is 2.10. The minimum absolute atomic E-state index is 0.304. The summed E-state index contributed by atoms with van der Waals surface area (Å²) in [4.78, 5) is 2.74. The fraction of sp³-hybridized carbons (Fsp3) is 1.00. The van der Waals surface area contributed by atoms with E-state index in [2.05, 4.69) is 31.0 Å². The van der Waals surface area contributed by atoms with Crippen molar-refractivity contribution in [3.05, 3.63) is 0 Å². The van der Waals surface area contributed by atoms with Gasteiger partial charge in [0.1, 0.15) is 0 Å². The molecule has 0 atom stereocenters. The molecule has 1 heterocycles. The van der Waals surface area contributed by atoms with E-state index >= 15 is 0 Å². The van der Waals surface area contributed by atoms with Crippen LogP contribution < -0.4 is 5.32 Å². The van der Waals surface area contributed by atoms with Crippen molar-refractivity contribution >= 4 is 0 Å². The minimum Gasteiger partial charge on any atom is -0.309 e. The van der Waals surface area contributed by atoms with Gasteiger partial charge >= 0.3 is 0 Å². The van der Waals surface area contributed by atoms with Gasteiger partial charge in [-0.05, 0) is 33.2 Å². The molecule has 0 aromatic carbocycles. The standard InChI is InChI=1S/C13H26N2/c1-4-15-11-12(2,3)14-10-13(15)8-6-5-7-9-13/h14H,4-11H2,1-3H3. The number of hydrogen-bond donors (Lipinski definition) is 1. The highest BCUT2D eigenvalue weighted by atomic mass is 15.3. The Hall–Kier alpha value is -0.0800. The first-order valence-electron chi connectivity index (χ1n) is 6.58. The molecule has 88 valence electrons. The summed E-state index contributed by atoms with van der Waals surface area (Å²) in [6.07, 6.45) is 7.12. The molecule has 0 aromatic rings. The Bertz CT molecular complexity index is 217. The van der Waals surface area contributed by atoms with Crippen LogP contribution in [0.1, 0.15) is 52.9 Å². The first kappa shape index (κ1) is 11.4. The Kier molecular flexibility index (Phi) is 3.09. The van der Waals surface area contributed by atoms with E-state index in [0.717, 1.165) is 0 Å². The maximum atomic E-state index is 3.74. The SMILES string of the molecule is CCN1CC(C)(C)NCC12CCCCC2. The van der Waals surface area contributed by atoms with Gasteiger partial charge in [-0.15, -0.1) is 0 Å². The Morgan fingerprint density at radius 1 is 1.13 bits per heavy atom. The van der Waals surface area contributed by atoms with Crippen LogP contribution in [0.15, 0.2) is 0 Å². The van der Waals surface area contributed by atoms with Crippen molar-refractivity contribution in [3.63, 3.8) is 0 Å². The van der Waals surface area contributed by atoms with Crippen LogP contribution in [0, 0.1) is 0 Å². The van der Waals surface area contributed by atoms with E-state index in [0.29, 0.717) is 11.1 Å². The Morgan fingerprint density at radius 3 is 2.40 bits per heavy atom. The van der Waals surface area contributed by atoms with Crippen molar-refractivity contribution in [1.29, 1.82) is 0 Å². The molecule has 2 nitrogen and oxygen atoms in total. The van der Waals surface area contributed by atoms with Gasteiger partial charge in [-0.25, -0.2) is 0 Å². The second kappa shape index (κ2) is 4.06. The fourth-order valence-corrected chi connectivity index (χ4v) is 3.37. The Labute approximate surface area is 94.4 Å². The summed E-state index contributed by atoms with van der Waals surface area (Å²) in [6.45, 7) is 10.6. The van der Waals surface area contributed by atoms with Gasteiger partial charge in [-0.2, -0.15) is 0 Å². The molecule has 0 aromatic heterocycles. The molecular weight excluding hydrogens is 184 g/mol. The Morgan fingerprint density at radius 2 is 1.80 bits per heavy atom. The van der Waals surface area contributed by atoms with Crippen molar-refractivity contribution in [3.8, 4) is 0 Å². The zero-order valence-corrected chi connectivity index (χ0v) is 10.6. The molecular formula is C13H26N2. The highest BCUT2D eigenvalue weighted by Crippen LogP contribution is 2.36. The molecule has 0 unspecified atom stereocenters. The van der Waals surface area contributed by atoms with Crippen molar-refractivity contribution in [1.82, 2.24) is 10.2 Å². The average molecular weight is 210 g/mol. The number of hydrogen-bond acceptors (Lipinski definition) is 2. The van der Waals surface area contributed by atoms with Crippen LogP contribution in [-0.2, 0) is 0 Å². The van der Waals surface area contributed by atoms with Crippen LogP contribution >= 0.6 is 0 Å². The lowest BCUT2D eigenvalue weighted by Crippen LogP contribution is -2.68. The minimum atomic E-state index is 0.304. The average Bonchev–Trinajstić information content (AvgIpc) is 2.24. The monoisotopic (exact) mass is 210 g/mol. The molecule has 0 radical (unpaired) electrons. The summed E-state index contributed by atoms with van der Waals surface area (Å²) in [7, 11) is 0. The lowest BCUT2D eigenvalue weighted by Gasteiger charge is -2.54. The van der Waals surface area contributed by atoms with E-state index in [4.69, 9.17) is 0 Å². The van der Waals surface area contributed by atoms with Gasteiger partial charge in [-0.3, -0.25) is 4.90 Å². The number of piperazine rings is 1. The molecule has 1 saturated heterocycles. The van der Waals surface area contributed by atoms with Crippen molar-refractivity contribution in [2.24, 2.45) is 0 Å². The molecule has 2 aliphatic rings. The van der Waals surface area contributed by atoms with E-state index in [1.54, 1.807) is 0 Å². The van der Waals surface area contributed by atoms with E-state index < -0.39 is 0 Å². The second-order valence-corrected chi connectivity index (χ2v) is 6.04. The van der Waals surface area contributed by atoms with E-state index in [-0.39, 0.29) is 0 Å². The molecule has 0 bridgehead atoms. The predicted octanol–water partition coefficient (Wildman–Crippen LogP) is 2.39. The molecule has 1 saturated carbocycles. The normalized spacial score (nSPS) is 30.6. The maximum absolute atomic E-state index is 3.74. The van der Waals surface area contributed by atoms with Crippen LogP contribution in [0.3, 0.4) is 0 Å². The first-order valence-corrected chi connectivity index (χ1v) is 6.58. The van der Waals surface area contributed by atoms with Crippen molar-refractivity contribution < 1.29 is 0 Å². The van der Waals surface area contributed by atoms with Gasteiger partial charge in [0.05, 0.1) is 0 Å². The van der Waals surface area contributed by atoms with Crippen LogP contribution in [-0.4, -0.2) is 35.6 Å². The molecule has 1 N–H and O–H groups in total. The summed E-state index contributed by atoms with van der Waals surface area (Å²) in [6, 6.07) is 0. The first-order chi connectivity index (χ1) is 7.08. The molecule has 15 heavy (non-hydrogen) atoms. The van der Waals surface area contributed by atoms with Gasteiger partial charge in [0.15, 0.2) is 0 Å². The van der Waals surface area contributed by atoms with Gasteiger partial charge in [-0.1, -0.05) is 26.2 Å². The molecule has 0 amide bonds. The summed E-state index contributed by atoms with van der Waals surface area (Å²) in [5.74, 6) is 0. The van der Waals surface area contributed by atoms with Crippen LogP contribution in [0.4, 0.5) is 0 Å². The number of nitrogens with one attached hydrogen (secondary N) is 1. The summed E-state index contributed by atoms with van der Waals surface area (Å²) in [5, 5.41) is 3.74. The number of likely N-dealkylation sites (N-methyl/N-ethyl adjacent to an activating group) is 1. The molecule has 2 heteroatoms. The van der Waals surface area contributed by atoms with E-state index in [9.17, 15) is 0 Å². The number of rotatable bonds is 1. The van der Waals surface area contributed by atoms with Crippen LogP contribution in [0.2, 0.25) is 0 Å². The zero-order chi connectivity index (χ0) is 10.9. The van der Waals surface area contributed by atoms with Crippen molar-refractivity contribution in [2.45, 2.75) is 64.0 Å². The third-order valence-electron chi connectivity index (χ3n) is 4.32. The van der Waals surface area contributed by atoms with Crippen LogP contribution in [0.25, 0.3) is 0 Å². The quantitative estimate of drug-likeness (QED) is 0.715. The number of nitrogens with zero attached hydrogens (tertiary/aromatic N) is 1. The van der Waals surface area contributed by atoms with Crippen LogP contribution in [0.5, 0.6) is 0 Å². The molecule has 1 aliphatic heterocycles. The molecule has 2 fully saturated rings. The van der Waals surface area contributed by atoms with Gasteiger partial charge in [0.2, 0.25) is 0 Å². The summed E-state index contributed by atoms with van der Waals surface area (Å²) in [5.41, 5.74) is 0.807. The highest BCUT2D eigenvalue weighted by Gasteiger charge is 2.43. The predicted molar refractivity (Wildman–Crippen MR) is 65.1 cm³/mol. The van der Waals surface area contributed by atoms with Crippen molar-refractivity contribution in [2.75, 3.05) is 19.6 Å². The zero-order valence-electron chi connectivity index (χ0n) is 10.6. The second-order valence-electron chi connectivity index (χ2n) is 6.04. The van der Waals surface area contributed by atoms with E-state index in [1.807, 2.05) is 0 Å². The largest absolute Gasteiger partial charge is 0.309 e. The summed E-state index contributed by atoms with van der Waals surface area (Å²) >= 11 is 0. The fourth-order valence-electron chi connectivity index (χ4n) is 3.37. The lowest BCUT2D eigenvalue weighted by molar-refractivity contribution is -0.00589. The van der Waals surface area contributed by atoms with Gasteiger partial charge < -0.3 is 5.32 Å². The maximum Gasteiger partial charge on any atom is 0.0334 e. The molecule has 1 spiro atoms. The highest BCUT2D eigenvalue weighted by molar-refractivity contribution is 5.03. The molecule has 2 rings (SSSR count). The van der Waals surface area contributed by atoms with E-state index in [1.165, 1.54) is 51.7 Å². The smallest absolute Gasteiger partial charge is 0.0334 e. The third kappa shape index (κ3) is 2.21. The third-order valence-corrected chi connectivity index (χ3v) is 4.32. The van der Waals surface area contributed by atoms with Gasteiger partial charge in [0.25, 0.3) is 0 Å².